The summed E-state index contributed by atoms with van der Waals surface area (Å²) in [6.45, 7) is 13.7. The van der Waals surface area contributed by atoms with Gasteiger partial charge >= 0.3 is 0 Å². The minimum absolute atomic E-state index is 0.0946. The summed E-state index contributed by atoms with van der Waals surface area (Å²) in [5, 5.41) is 10.2. The van der Waals surface area contributed by atoms with Gasteiger partial charge in [-0.05, 0) is 44.2 Å². The normalized spacial score (nSPS) is 12.5. The third-order valence-corrected chi connectivity index (χ3v) is 4.21. The first-order valence-electron chi connectivity index (χ1n) is 7.99. The Labute approximate surface area is 138 Å². The molecule has 3 heteroatoms. The molecule has 0 unspecified atom stereocenters. The highest BCUT2D eigenvalue weighted by Crippen LogP contribution is 2.29. The number of aromatic amines is 1. The Morgan fingerprint density at radius 1 is 1.00 bits per heavy atom. The second-order valence-electron chi connectivity index (χ2n) is 7.89. The largest absolute Gasteiger partial charge is 0.386 e. The number of aromatic nitrogens is 1. The first-order valence-corrected chi connectivity index (χ1v) is 7.99. The van der Waals surface area contributed by atoms with Gasteiger partial charge in [-0.25, -0.2) is 0 Å². The van der Waals surface area contributed by atoms with E-state index in [2.05, 4.69) is 50.9 Å². The van der Waals surface area contributed by atoms with Crippen molar-refractivity contribution in [3.8, 4) is 11.3 Å². The van der Waals surface area contributed by atoms with Crippen LogP contribution in [0.25, 0.3) is 11.3 Å². The van der Waals surface area contributed by atoms with Crippen molar-refractivity contribution in [2.45, 2.75) is 59.5 Å². The molecule has 2 N–H and O–H groups in total. The van der Waals surface area contributed by atoms with Gasteiger partial charge < -0.3 is 10.1 Å². The van der Waals surface area contributed by atoms with Crippen LogP contribution in [0.1, 0.15) is 57.0 Å². The van der Waals surface area contributed by atoms with Crippen LogP contribution in [-0.2, 0) is 11.0 Å². The molecule has 0 saturated heterocycles. The van der Waals surface area contributed by atoms with E-state index in [-0.39, 0.29) is 10.8 Å². The van der Waals surface area contributed by atoms with Crippen molar-refractivity contribution in [2.24, 2.45) is 0 Å². The van der Waals surface area contributed by atoms with Gasteiger partial charge in [-0.15, -0.1) is 0 Å². The van der Waals surface area contributed by atoms with Gasteiger partial charge in [0, 0.05) is 28.6 Å². The number of hydrogen-bond donors (Lipinski definition) is 2. The second-order valence-corrected chi connectivity index (χ2v) is 7.89. The van der Waals surface area contributed by atoms with Crippen molar-refractivity contribution in [1.29, 1.82) is 0 Å². The van der Waals surface area contributed by atoms with Crippen molar-refractivity contribution in [2.75, 3.05) is 0 Å². The molecule has 0 saturated carbocycles. The molecule has 0 bridgehead atoms. The third kappa shape index (κ3) is 3.56. The SMILES string of the molecule is Cc1cc(C(C)(C)C)ccc1-c1cc(=O)c(C(C)(C)O)c(C)[nH]1. The monoisotopic (exact) mass is 313 g/mol. The molecule has 1 heterocycles. The number of aryl methyl sites for hydroxylation is 2. The van der Waals surface area contributed by atoms with E-state index in [9.17, 15) is 9.90 Å². The number of rotatable bonds is 2. The highest BCUT2D eigenvalue weighted by Gasteiger charge is 2.23. The quantitative estimate of drug-likeness (QED) is 0.873. The van der Waals surface area contributed by atoms with Crippen molar-refractivity contribution in [3.05, 3.63) is 56.9 Å². The van der Waals surface area contributed by atoms with Crippen LogP contribution < -0.4 is 5.43 Å². The maximum Gasteiger partial charge on any atom is 0.188 e. The van der Waals surface area contributed by atoms with E-state index < -0.39 is 5.60 Å². The molecule has 23 heavy (non-hydrogen) atoms. The number of aliphatic hydroxyl groups is 1. The molecule has 1 aromatic carbocycles. The molecule has 2 aromatic rings. The number of pyridine rings is 1. The maximum absolute atomic E-state index is 12.4. The Kier molecular flexibility index (Phi) is 4.29. The van der Waals surface area contributed by atoms with Crippen LogP contribution in [0.4, 0.5) is 0 Å². The molecule has 0 fully saturated rings. The van der Waals surface area contributed by atoms with E-state index in [1.807, 2.05) is 6.92 Å². The molecule has 0 amide bonds. The summed E-state index contributed by atoms with van der Waals surface area (Å²) in [6.07, 6.45) is 0. The maximum atomic E-state index is 12.4. The fourth-order valence-corrected chi connectivity index (χ4v) is 3.03. The van der Waals surface area contributed by atoms with Gasteiger partial charge in [0.15, 0.2) is 5.43 Å². The van der Waals surface area contributed by atoms with E-state index in [0.717, 1.165) is 16.8 Å². The van der Waals surface area contributed by atoms with Crippen molar-refractivity contribution in [3.63, 3.8) is 0 Å². The molecular weight excluding hydrogens is 286 g/mol. The van der Waals surface area contributed by atoms with E-state index in [1.165, 1.54) is 5.56 Å². The standard InChI is InChI=1S/C20H27NO2/c1-12-10-14(19(3,4)5)8-9-15(12)16-11-17(22)18(13(2)21-16)20(6,7)23/h8-11,23H,1-7H3,(H,21,22). The highest BCUT2D eigenvalue weighted by molar-refractivity contribution is 5.65. The zero-order chi connectivity index (χ0) is 17.6. The lowest BCUT2D eigenvalue weighted by Crippen LogP contribution is -2.27. The van der Waals surface area contributed by atoms with Crippen molar-refractivity contribution < 1.29 is 5.11 Å². The van der Waals surface area contributed by atoms with Gasteiger partial charge in [-0.1, -0.05) is 39.0 Å². The molecule has 0 radical (unpaired) electrons. The molecule has 0 atom stereocenters. The van der Waals surface area contributed by atoms with Gasteiger partial charge in [0.05, 0.1) is 5.60 Å². The molecule has 0 aliphatic rings. The number of nitrogens with one attached hydrogen (secondary N) is 1. The molecule has 3 nitrogen and oxygen atoms in total. The zero-order valence-electron chi connectivity index (χ0n) is 15.2. The van der Waals surface area contributed by atoms with E-state index >= 15 is 0 Å². The van der Waals surface area contributed by atoms with Gasteiger partial charge in [0.25, 0.3) is 0 Å². The first kappa shape index (κ1) is 17.5. The van der Waals surface area contributed by atoms with Gasteiger partial charge in [-0.3, -0.25) is 4.79 Å². The smallest absolute Gasteiger partial charge is 0.188 e. The average molecular weight is 313 g/mol. The molecule has 124 valence electrons. The lowest BCUT2D eigenvalue weighted by atomic mass is 9.85. The number of benzene rings is 1. The fourth-order valence-electron chi connectivity index (χ4n) is 3.03. The predicted molar refractivity (Wildman–Crippen MR) is 95.9 cm³/mol. The van der Waals surface area contributed by atoms with E-state index in [0.29, 0.717) is 11.3 Å². The van der Waals surface area contributed by atoms with Crippen LogP contribution in [0.15, 0.2) is 29.1 Å². The minimum atomic E-state index is -1.15. The summed E-state index contributed by atoms with van der Waals surface area (Å²) in [6, 6.07) is 7.93. The van der Waals surface area contributed by atoms with Crippen LogP contribution in [0.3, 0.4) is 0 Å². The van der Waals surface area contributed by atoms with Crippen molar-refractivity contribution >= 4 is 0 Å². The summed E-state index contributed by atoms with van der Waals surface area (Å²) in [4.78, 5) is 15.7. The summed E-state index contributed by atoms with van der Waals surface area (Å²) in [5.41, 5.74) is 4.14. The fraction of sp³-hybridized carbons (Fsp3) is 0.450. The summed E-state index contributed by atoms with van der Waals surface area (Å²) < 4.78 is 0. The first-order chi connectivity index (χ1) is 10.4. The van der Waals surface area contributed by atoms with Crippen LogP contribution in [0, 0.1) is 13.8 Å². The van der Waals surface area contributed by atoms with Gasteiger partial charge in [0.2, 0.25) is 0 Å². The lowest BCUT2D eigenvalue weighted by Gasteiger charge is -2.22. The summed E-state index contributed by atoms with van der Waals surface area (Å²) in [7, 11) is 0. The molecule has 0 aliphatic carbocycles. The summed E-state index contributed by atoms with van der Waals surface area (Å²) in [5.74, 6) is 0. The lowest BCUT2D eigenvalue weighted by molar-refractivity contribution is 0.0764. The number of hydrogen-bond acceptors (Lipinski definition) is 2. The second kappa shape index (κ2) is 5.64. The van der Waals surface area contributed by atoms with Crippen LogP contribution in [0.2, 0.25) is 0 Å². The van der Waals surface area contributed by atoms with Crippen molar-refractivity contribution in [1.82, 2.24) is 4.98 Å². The van der Waals surface area contributed by atoms with E-state index in [4.69, 9.17) is 0 Å². The molecule has 2 rings (SSSR count). The Balaban J connectivity index is 2.59. The predicted octanol–water partition coefficient (Wildman–Crippen LogP) is 4.18. The Morgan fingerprint density at radius 2 is 1.61 bits per heavy atom. The Bertz CT molecular complexity index is 787. The van der Waals surface area contributed by atoms with Crippen LogP contribution >= 0.6 is 0 Å². The molecule has 1 aromatic heterocycles. The third-order valence-electron chi connectivity index (χ3n) is 4.21. The zero-order valence-corrected chi connectivity index (χ0v) is 15.2. The molecule has 0 aliphatic heterocycles. The van der Waals surface area contributed by atoms with E-state index in [1.54, 1.807) is 19.9 Å². The molecular formula is C20H27NO2. The Hall–Kier alpha value is -1.87. The summed E-state index contributed by atoms with van der Waals surface area (Å²) >= 11 is 0. The number of H-pyrrole nitrogens is 1. The van der Waals surface area contributed by atoms with Crippen LogP contribution in [-0.4, -0.2) is 10.1 Å². The molecule has 0 spiro atoms. The van der Waals surface area contributed by atoms with Gasteiger partial charge in [-0.2, -0.15) is 0 Å². The van der Waals surface area contributed by atoms with Crippen LogP contribution in [0.5, 0.6) is 0 Å². The topological polar surface area (TPSA) is 53.1 Å². The highest BCUT2D eigenvalue weighted by atomic mass is 16.3. The average Bonchev–Trinajstić information content (AvgIpc) is 2.34. The van der Waals surface area contributed by atoms with Gasteiger partial charge in [0.1, 0.15) is 0 Å². The Morgan fingerprint density at radius 3 is 2.04 bits per heavy atom. The minimum Gasteiger partial charge on any atom is -0.386 e.